The van der Waals surface area contributed by atoms with Crippen molar-refractivity contribution in [2.75, 3.05) is 13.1 Å². The molecule has 1 aliphatic heterocycles. The van der Waals surface area contributed by atoms with E-state index in [1.54, 1.807) is 0 Å². The zero-order valence-corrected chi connectivity index (χ0v) is 10.9. The summed E-state index contributed by atoms with van der Waals surface area (Å²) in [5, 5.41) is 7.40. The molecule has 1 saturated heterocycles. The Labute approximate surface area is 103 Å². The van der Waals surface area contributed by atoms with E-state index in [1.807, 2.05) is 4.90 Å². The molecule has 14 heavy (non-hydrogen) atoms. The lowest BCUT2D eigenvalue weighted by atomic mass is 9.75. The number of rotatable bonds is 0. The van der Waals surface area contributed by atoms with Crippen LogP contribution in [0, 0.1) is 17.2 Å². The summed E-state index contributed by atoms with van der Waals surface area (Å²) in [4.78, 5) is 2.03. The van der Waals surface area contributed by atoms with Crippen LogP contribution >= 0.6 is 24.0 Å². The van der Waals surface area contributed by atoms with Crippen LogP contribution < -0.4 is 5.73 Å². The first-order valence-corrected chi connectivity index (χ1v) is 5.36. The van der Waals surface area contributed by atoms with Crippen LogP contribution in [-0.4, -0.2) is 23.9 Å². The molecule has 1 aliphatic carbocycles. The molecule has 0 aromatic carbocycles. The summed E-state index contributed by atoms with van der Waals surface area (Å²) in [5.41, 5.74) is 5.50. The molecule has 0 amide bonds. The molecule has 0 bridgehead atoms. The minimum atomic E-state index is 0. The summed E-state index contributed by atoms with van der Waals surface area (Å²) in [7, 11) is 0. The molecule has 0 radical (unpaired) electrons. The van der Waals surface area contributed by atoms with E-state index >= 15 is 0 Å². The maximum atomic E-state index is 7.40. The Kier molecular flexibility index (Phi) is 4.47. The van der Waals surface area contributed by atoms with Crippen molar-refractivity contribution in [1.82, 2.24) is 4.90 Å². The van der Waals surface area contributed by atoms with Crippen LogP contribution in [0.4, 0.5) is 0 Å². The van der Waals surface area contributed by atoms with Gasteiger partial charge in [0, 0.05) is 13.1 Å². The zero-order valence-electron chi connectivity index (χ0n) is 8.54. The first-order chi connectivity index (χ1) is 6.27. The normalized spacial score (nSPS) is 31.6. The highest BCUT2D eigenvalue weighted by molar-refractivity contribution is 14.0. The van der Waals surface area contributed by atoms with E-state index in [9.17, 15) is 0 Å². The van der Waals surface area contributed by atoms with Crippen LogP contribution in [-0.2, 0) is 0 Å². The van der Waals surface area contributed by atoms with Crippen LogP contribution in [0.5, 0.6) is 0 Å². The molecule has 2 rings (SSSR count). The monoisotopic (exact) mass is 309 g/mol. The fraction of sp³-hybridized carbons (Fsp3) is 0.900. The Hall–Kier alpha value is 0. The number of nitrogens with one attached hydrogen (secondary N) is 1. The maximum Gasteiger partial charge on any atom is 0.188 e. The zero-order chi connectivity index (χ0) is 9.26. The third-order valence-corrected chi connectivity index (χ3v) is 3.63. The molecule has 2 unspecified atom stereocenters. The van der Waals surface area contributed by atoms with Gasteiger partial charge in [0.2, 0.25) is 0 Å². The molecular weight excluding hydrogens is 289 g/mol. The summed E-state index contributed by atoms with van der Waals surface area (Å²) in [6.45, 7) is 2.05. The highest BCUT2D eigenvalue weighted by atomic mass is 127. The summed E-state index contributed by atoms with van der Waals surface area (Å²) in [6.07, 6.45) is 6.82. The van der Waals surface area contributed by atoms with Gasteiger partial charge in [-0.2, -0.15) is 0 Å². The van der Waals surface area contributed by atoms with Crippen LogP contribution in [0.3, 0.4) is 0 Å². The van der Waals surface area contributed by atoms with Crippen molar-refractivity contribution in [2.45, 2.75) is 32.1 Å². The third-order valence-electron chi connectivity index (χ3n) is 3.63. The average molecular weight is 309 g/mol. The minimum absolute atomic E-state index is 0. The lowest BCUT2D eigenvalue weighted by Gasteiger charge is -2.41. The minimum Gasteiger partial charge on any atom is -0.370 e. The van der Waals surface area contributed by atoms with Gasteiger partial charge in [0.15, 0.2) is 5.96 Å². The molecule has 1 heterocycles. The Morgan fingerprint density at radius 3 is 2.43 bits per heavy atom. The highest BCUT2D eigenvalue weighted by Gasteiger charge is 2.31. The lowest BCUT2D eigenvalue weighted by Crippen LogP contribution is -2.47. The topological polar surface area (TPSA) is 53.1 Å². The fourth-order valence-corrected chi connectivity index (χ4v) is 2.82. The number of fused-ring (bicyclic) bond motifs is 1. The number of nitrogens with two attached hydrogens (primary N) is 1. The molecule has 82 valence electrons. The number of guanidine groups is 1. The molecule has 2 aliphatic rings. The van der Waals surface area contributed by atoms with E-state index < -0.39 is 0 Å². The first-order valence-electron chi connectivity index (χ1n) is 5.36. The van der Waals surface area contributed by atoms with Crippen molar-refractivity contribution in [3.63, 3.8) is 0 Å². The quantitative estimate of drug-likeness (QED) is 0.408. The van der Waals surface area contributed by atoms with Gasteiger partial charge in [-0.3, -0.25) is 5.41 Å². The standard InChI is InChI=1S/C10H19N3.HI/c11-10(12)13-6-5-8-3-1-2-4-9(8)7-13;/h8-9H,1-7H2,(H3,11,12);1H. The lowest BCUT2D eigenvalue weighted by molar-refractivity contribution is 0.129. The van der Waals surface area contributed by atoms with Crippen LogP contribution in [0.25, 0.3) is 0 Å². The Morgan fingerprint density at radius 1 is 1.14 bits per heavy atom. The summed E-state index contributed by atoms with van der Waals surface area (Å²) < 4.78 is 0. The average Bonchev–Trinajstić information content (AvgIpc) is 2.17. The van der Waals surface area contributed by atoms with Crippen molar-refractivity contribution >= 4 is 29.9 Å². The number of likely N-dealkylation sites (tertiary alicyclic amines) is 1. The smallest absolute Gasteiger partial charge is 0.188 e. The second-order valence-electron chi connectivity index (χ2n) is 4.42. The van der Waals surface area contributed by atoms with E-state index in [-0.39, 0.29) is 29.9 Å². The van der Waals surface area contributed by atoms with E-state index in [1.165, 1.54) is 32.1 Å². The van der Waals surface area contributed by atoms with Crippen LogP contribution in [0.1, 0.15) is 32.1 Å². The van der Waals surface area contributed by atoms with Gasteiger partial charge in [-0.15, -0.1) is 24.0 Å². The molecule has 0 spiro atoms. The van der Waals surface area contributed by atoms with Crippen molar-refractivity contribution < 1.29 is 0 Å². The van der Waals surface area contributed by atoms with Gasteiger partial charge >= 0.3 is 0 Å². The first kappa shape index (κ1) is 12.1. The molecule has 4 heteroatoms. The van der Waals surface area contributed by atoms with Crippen molar-refractivity contribution in [3.8, 4) is 0 Å². The molecular formula is C10H20IN3. The predicted octanol–water partition coefficient (Wildman–Crippen LogP) is 2.01. The van der Waals surface area contributed by atoms with Gasteiger partial charge in [0.25, 0.3) is 0 Å². The van der Waals surface area contributed by atoms with Gasteiger partial charge in [-0.25, -0.2) is 0 Å². The van der Waals surface area contributed by atoms with E-state index in [4.69, 9.17) is 11.1 Å². The van der Waals surface area contributed by atoms with E-state index in [0.717, 1.165) is 24.9 Å². The summed E-state index contributed by atoms with van der Waals surface area (Å²) in [5.74, 6) is 2.03. The number of nitrogens with zero attached hydrogens (tertiary/aromatic N) is 1. The molecule has 3 N–H and O–H groups in total. The van der Waals surface area contributed by atoms with Gasteiger partial charge in [-0.05, 0) is 24.7 Å². The van der Waals surface area contributed by atoms with Gasteiger partial charge < -0.3 is 10.6 Å². The largest absolute Gasteiger partial charge is 0.370 e. The second kappa shape index (κ2) is 5.19. The highest BCUT2D eigenvalue weighted by Crippen LogP contribution is 2.35. The number of hydrogen-bond acceptors (Lipinski definition) is 1. The summed E-state index contributed by atoms with van der Waals surface area (Å²) >= 11 is 0. The number of hydrogen-bond donors (Lipinski definition) is 2. The molecule has 0 aromatic rings. The molecule has 2 atom stereocenters. The molecule has 0 aromatic heterocycles. The van der Waals surface area contributed by atoms with Crippen molar-refractivity contribution in [2.24, 2.45) is 17.6 Å². The fourth-order valence-electron chi connectivity index (χ4n) is 2.82. The van der Waals surface area contributed by atoms with Gasteiger partial charge in [0.05, 0.1) is 0 Å². The van der Waals surface area contributed by atoms with Crippen molar-refractivity contribution in [1.29, 1.82) is 5.41 Å². The van der Waals surface area contributed by atoms with E-state index in [2.05, 4.69) is 0 Å². The van der Waals surface area contributed by atoms with Gasteiger partial charge in [-0.1, -0.05) is 19.3 Å². The second-order valence-corrected chi connectivity index (χ2v) is 4.42. The molecule has 1 saturated carbocycles. The Balaban J connectivity index is 0.000000980. The van der Waals surface area contributed by atoms with Crippen LogP contribution in [0.15, 0.2) is 0 Å². The van der Waals surface area contributed by atoms with Gasteiger partial charge in [0.1, 0.15) is 0 Å². The number of piperidine rings is 1. The molecule has 3 nitrogen and oxygen atoms in total. The summed E-state index contributed by atoms with van der Waals surface area (Å²) in [6, 6.07) is 0. The van der Waals surface area contributed by atoms with E-state index in [0.29, 0.717) is 0 Å². The predicted molar refractivity (Wildman–Crippen MR) is 69.0 cm³/mol. The SMILES string of the molecule is I.N=C(N)N1CCC2CCCCC2C1. The Bertz CT molecular complexity index is 208. The Morgan fingerprint density at radius 2 is 1.79 bits per heavy atom. The maximum absolute atomic E-state index is 7.40. The number of halogens is 1. The van der Waals surface area contributed by atoms with Crippen molar-refractivity contribution in [3.05, 3.63) is 0 Å². The van der Waals surface area contributed by atoms with Crippen LogP contribution in [0.2, 0.25) is 0 Å². The molecule has 2 fully saturated rings. The third kappa shape index (κ3) is 2.52.